The number of amides is 1. The molecule has 0 bridgehead atoms. The molecule has 1 fully saturated rings. The fraction of sp³-hybridized carbons (Fsp3) is 0.500. The summed E-state index contributed by atoms with van der Waals surface area (Å²) >= 11 is 0. The van der Waals surface area contributed by atoms with Crippen LogP contribution in [0.2, 0.25) is 0 Å². The first-order chi connectivity index (χ1) is 9.59. The van der Waals surface area contributed by atoms with E-state index in [1.807, 2.05) is 18.2 Å². The van der Waals surface area contributed by atoms with Crippen LogP contribution in [0.4, 0.5) is 0 Å². The van der Waals surface area contributed by atoms with Gasteiger partial charge in [-0.25, -0.2) is 0 Å². The van der Waals surface area contributed by atoms with Crippen molar-refractivity contribution in [2.24, 2.45) is 0 Å². The van der Waals surface area contributed by atoms with Crippen LogP contribution < -0.4 is 5.32 Å². The first-order valence-corrected chi connectivity index (χ1v) is 7.16. The molecule has 0 atom stereocenters. The second-order valence-electron chi connectivity index (χ2n) is 5.50. The van der Waals surface area contributed by atoms with E-state index in [-0.39, 0.29) is 24.5 Å². The molecule has 0 aromatic heterocycles. The molecule has 1 aliphatic carbocycles. The molecule has 4 heteroatoms. The maximum atomic E-state index is 11.8. The summed E-state index contributed by atoms with van der Waals surface area (Å²) in [7, 11) is 0. The summed E-state index contributed by atoms with van der Waals surface area (Å²) in [4.78, 5) is 23.5. The van der Waals surface area contributed by atoms with E-state index in [0.717, 1.165) is 25.7 Å². The first-order valence-electron chi connectivity index (χ1n) is 7.16. The van der Waals surface area contributed by atoms with Crippen LogP contribution in [0.5, 0.6) is 0 Å². The Labute approximate surface area is 119 Å². The number of hydrogen-bond acceptors (Lipinski definition) is 3. The van der Waals surface area contributed by atoms with Gasteiger partial charge in [-0.15, -0.1) is 0 Å². The second-order valence-corrected chi connectivity index (χ2v) is 5.50. The minimum Gasteiger partial charge on any atom is -0.388 e. The summed E-state index contributed by atoms with van der Waals surface area (Å²) in [6.07, 6.45) is 3.89. The van der Waals surface area contributed by atoms with Crippen molar-refractivity contribution in [3.05, 3.63) is 35.9 Å². The van der Waals surface area contributed by atoms with Crippen LogP contribution >= 0.6 is 0 Å². The predicted octanol–water partition coefficient (Wildman–Crippen LogP) is 2.07. The monoisotopic (exact) mass is 275 g/mol. The minimum absolute atomic E-state index is 0.0275. The SMILES string of the molecule is O=C(CCC(=O)c1ccccc1)NCC1(O)CCCC1. The topological polar surface area (TPSA) is 66.4 Å². The van der Waals surface area contributed by atoms with Gasteiger partial charge >= 0.3 is 0 Å². The van der Waals surface area contributed by atoms with Crippen molar-refractivity contribution < 1.29 is 14.7 Å². The highest BCUT2D eigenvalue weighted by Crippen LogP contribution is 2.28. The lowest BCUT2D eigenvalue weighted by Gasteiger charge is -2.22. The van der Waals surface area contributed by atoms with E-state index < -0.39 is 5.60 Å². The average molecular weight is 275 g/mol. The van der Waals surface area contributed by atoms with Crippen molar-refractivity contribution in [3.8, 4) is 0 Å². The lowest BCUT2D eigenvalue weighted by atomic mass is 10.0. The van der Waals surface area contributed by atoms with Crippen LogP contribution in [-0.2, 0) is 4.79 Å². The number of nitrogens with one attached hydrogen (secondary N) is 1. The zero-order valence-corrected chi connectivity index (χ0v) is 11.6. The molecule has 0 spiro atoms. The summed E-state index contributed by atoms with van der Waals surface area (Å²) in [6, 6.07) is 8.97. The zero-order valence-electron chi connectivity index (χ0n) is 11.6. The summed E-state index contributed by atoms with van der Waals surface area (Å²) in [6.45, 7) is 0.297. The number of carbonyl (C=O) groups excluding carboxylic acids is 2. The van der Waals surface area contributed by atoms with Crippen LogP contribution in [-0.4, -0.2) is 28.9 Å². The highest BCUT2D eigenvalue weighted by Gasteiger charge is 2.31. The van der Waals surface area contributed by atoms with Gasteiger partial charge in [0, 0.05) is 24.9 Å². The molecule has 0 unspecified atom stereocenters. The number of benzene rings is 1. The van der Waals surface area contributed by atoms with Gasteiger partial charge in [-0.2, -0.15) is 0 Å². The molecule has 1 saturated carbocycles. The van der Waals surface area contributed by atoms with E-state index in [9.17, 15) is 14.7 Å². The molecular weight excluding hydrogens is 254 g/mol. The van der Waals surface area contributed by atoms with Crippen LogP contribution in [0.1, 0.15) is 48.9 Å². The van der Waals surface area contributed by atoms with E-state index in [4.69, 9.17) is 0 Å². The molecule has 108 valence electrons. The molecular formula is C16H21NO3. The standard InChI is InChI=1S/C16H21NO3/c18-14(13-6-2-1-3-7-13)8-9-15(19)17-12-16(20)10-4-5-11-16/h1-3,6-7,20H,4-5,8-12H2,(H,17,19). The van der Waals surface area contributed by atoms with Gasteiger partial charge in [-0.3, -0.25) is 9.59 Å². The van der Waals surface area contributed by atoms with Gasteiger partial charge in [0.25, 0.3) is 0 Å². The maximum absolute atomic E-state index is 11.8. The predicted molar refractivity (Wildman–Crippen MR) is 76.4 cm³/mol. The Balaban J connectivity index is 1.71. The van der Waals surface area contributed by atoms with Crippen LogP contribution in [0.15, 0.2) is 30.3 Å². The molecule has 0 aliphatic heterocycles. The van der Waals surface area contributed by atoms with E-state index in [1.54, 1.807) is 12.1 Å². The quantitative estimate of drug-likeness (QED) is 0.781. The number of ketones is 1. The molecule has 2 N–H and O–H groups in total. The van der Waals surface area contributed by atoms with Gasteiger partial charge in [-0.05, 0) is 12.8 Å². The molecule has 0 heterocycles. The highest BCUT2D eigenvalue weighted by molar-refractivity contribution is 5.97. The van der Waals surface area contributed by atoms with Crippen molar-refractivity contribution in [2.75, 3.05) is 6.54 Å². The van der Waals surface area contributed by atoms with Gasteiger partial charge in [0.2, 0.25) is 5.91 Å². The van der Waals surface area contributed by atoms with Crippen molar-refractivity contribution in [2.45, 2.75) is 44.1 Å². The second kappa shape index (κ2) is 6.66. The maximum Gasteiger partial charge on any atom is 0.220 e. The highest BCUT2D eigenvalue weighted by atomic mass is 16.3. The summed E-state index contributed by atoms with van der Waals surface area (Å²) in [5, 5.41) is 12.8. The van der Waals surface area contributed by atoms with Gasteiger partial charge in [-0.1, -0.05) is 43.2 Å². The van der Waals surface area contributed by atoms with Gasteiger partial charge < -0.3 is 10.4 Å². The van der Waals surface area contributed by atoms with E-state index in [2.05, 4.69) is 5.32 Å². The van der Waals surface area contributed by atoms with Gasteiger partial charge in [0.05, 0.1) is 5.60 Å². The van der Waals surface area contributed by atoms with Crippen molar-refractivity contribution in [3.63, 3.8) is 0 Å². The summed E-state index contributed by atoms with van der Waals surface area (Å²) < 4.78 is 0. The molecule has 20 heavy (non-hydrogen) atoms. The minimum atomic E-state index is -0.737. The number of carbonyl (C=O) groups is 2. The van der Waals surface area contributed by atoms with Gasteiger partial charge in [0.1, 0.15) is 0 Å². The van der Waals surface area contributed by atoms with Crippen molar-refractivity contribution in [1.29, 1.82) is 0 Å². The van der Waals surface area contributed by atoms with Crippen LogP contribution in [0.25, 0.3) is 0 Å². The van der Waals surface area contributed by atoms with Crippen LogP contribution in [0.3, 0.4) is 0 Å². The summed E-state index contributed by atoms with van der Waals surface area (Å²) in [5.41, 5.74) is -0.103. The Kier molecular flexibility index (Phi) is 4.90. The summed E-state index contributed by atoms with van der Waals surface area (Å²) in [5.74, 6) is -0.199. The lowest BCUT2D eigenvalue weighted by Crippen LogP contribution is -2.40. The normalized spacial score (nSPS) is 16.9. The Morgan fingerprint density at radius 1 is 1.10 bits per heavy atom. The Hall–Kier alpha value is -1.68. The Morgan fingerprint density at radius 2 is 1.75 bits per heavy atom. The molecule has 1 aliphatic rings. The smallest absolute Gasteiger partial charge is 0.220 e. The fourth-order valence-corrected chi connectivity index (χ4v) is 2.56. The third kappa shape index (κ3) is 4.17. The van der Waals surface area contributed by atoms with Gasteiger partial charge in [0.15, 0.2) is 5.78 Å². The zero-order chi connectivity index (χ0) is 14.4. The third-order valence-electron chi connectivity index (χ3n) is 3.82. The van der Waals surface area contributed by atoms with Crippen LogP contribution in [0, 0.1) is 0 Å². The Bertz CT molecular complexity index is 464. The molecule has 0 saturated heterocycles. The van der Waals surface area contributed by atoms with Crippen molar-refractivity contribution in [1.82, 2.24) is 5.32 Å². The average Bonchev–Trinajstić information content (AvgIpc) is 2.91. The number of hydrogen-bond donors (Lipinski definition) is 2. The fourth-order valence-electron chi connectivity index (χ4n) is 2.56. The van der Waals surface area contributed by atoms with E-state index >= 15 is 0 Å². The van der Waals surface area contributed by atoms with E-state index in [1.165, 1.54) is 0 Å². The number of rotatable bonds is 6. The number of Topliss-reactive ketones (excluding diaryl/α,β-unsaturated/α-hetero) is 1. The third-order valence-corrected chi connectivity index (χ3v) is 3.82. The Morgan fingerprint density at radius 3 is 2.40 bits per heavy atom. The first kappa shape index (κ1) is 14.7. The lowest BCUT2D eigenvalue weighted by molar-refractivity contribution is -0.122. The molecule has 2 rings (SSSR count). The number of aliphatic hydroxyl groups is 1. The molecule has 1 amide bonds. The molecule has 1 aromatic rings. The largest absolute Gasteiger partial charge is 0.388 e. The van der Waals surface area contributed by atoms with Crippen molar-refractivity contribution >= 4 is 11.7 Å². The molecule has 4 nitrogen and oxygen atoms in total. The molecule has 0 radical (unpaired) electrons. The van der Waals surface area contributed by atoms with E-state index in [0.29, 0.717) is 12.1 Å². The molecule has 1 aromatic carbocycles.